The summed E-state index contributed by atoms with van der Waals surface area (Å²) in [4.78, 5) is 38.2. The number of aliphatic carboxylic acids is 1. The summed E-state index contributed by atoms with van der Waals surface area (Å²) >= 11 is 0. The van der Waals surface area contributed by atoms with Gasteiger partial charge >= 0.3 is 5.97 Å². The van der Waals surface area contributed by atoms with Crippen molar-refractivity contribution >= 4 is 17.8 Å². The summed E-state index contributed by atoms with van der Waals surface area (Å²) in [6.07, 6.45) is -0.412. The molecule has 28 heavy (non-hydrogen) atoms. The zero-order valence-corrected chi connectivity index (χ0v) is 15.7. The van der Waals surface area contributed by atoms with E-state index in [0.717, 1.165) is 4.90 Å². The van der Waals surface area contributed by atoms with Gasteiger partial charge < -0.3 is 14.6 Å². The van der Waals surface area contributed by atoms with Crippen molar-refractivity contribution in [2.24, 2.45) is 0 Å². The highest BCUT2D eigenvalue weighted by Gasteiger charge is 2.41. The van der Waals surface area contributed by atoms with Gasteiger partial charge in [-0.1, -0.05) is 18.2 Å². The number of carboxylic acid groups (broad SMARTS) is 1. The van der Waals surface area contributed by atoms with E-state index >= 15 is 0 Å². The van der Waals surface area contributed by atoms with Gasteiger partial charge in [-0.15, -0.1) is 0 Å². The van der Waals surface area contributed by atoms with Gasteiger partial charge in [-0.2, -0.15) is 0 Å². The smallest absolute Gasteiger partial charge is 0.305 e. The molecule has 1 aliphatic rings. The summed E-state index contributed by atoms with van der Waals surface area (Å²) in [6, 6.07) is 10.5. The molecule has 3 rings (SSSR count). The quantitative estimate of drug-likeness (QED) is 0.703. The minimum atomic E-state index is -1.12. The lowest BCUT2D eigenvalue weighted by atomic mass is 10.0. The summed E-state index contributed by atoms with van der Waals surface area (Å²) in [5.41, 5.74) is 1.04. The summed E-state index contributed by atoms with van der Waals surface area (Å²) < 4.78 is 11.1. The summed E-state index contributed by atoms with van der Waals surface area (Å²) in [5, 5.41) is 9.40. The maximum absolute atomic E-state index is 12.8. The van der Waals surface area contributed by atoms with Crippen LogP contribution in [0.4, 0.5) is 0 Å². The molecule has 1 atom stereocenters. The lowest BCUT2D eigenvalue weighted by Gasteiger charge is -2.26. The second-order valence-electron chi connectivity index (χ2n) is 6.21. The molecule has 0 saturated carbocycles. The van der Waals surface area contributed by atoms with Crippen LogP contribution in [0.25, 0.3) is 0 Å². The van der Waals surface area contributed by atoms with Crippen LogP contribution in [0.5, 0.6) is 11.5 Å². The Balaban J connectivity index is 2.04. The molecule has 7 heteroatoms. The molecule has 1 aliphatic heterocycles. The molecule has 0 bridgehead atoms. The van der Waals surface area contributed by atoms with Gasteiger partial charge in [0.05, 0.1) is 36.8 Å². The van der Waals surface area contributed by atoms with Gasteiger partial charge in [-0.05, 0) is 43.7 Å². The molecule has 1 unspecified atom stereocenters. The number of amides is 2. The number of fused-ring (bicyclic) bond motifs is 1. The van der Waals surface area contributed by atoms with E-state index in [4.69, 9.17) is 9.47 Å². The highest BCUT2D eigenvalue weighted by molar-refractivity contribution is 6.21. The number of imide groups is 1. The number of rotatable bonds is 8. The normalized spacial score (nSPS) is 14.0. The number of carbonyl (C=O) groups is 3. The fraction of sp³-hybridized carbons (Fsp3) is 0.286. The van der Waals surface area contributed by atoms with Crippen LogP contribution in [0.15, 0.2) is 42.5 Å². The van der Waals surface area contributed by atoms with Crippen LogP contribution in [0, 0.1) is 0 Å². The number of ether oxygens (including phenoxy) is 2. The SMILES string of the molecule is CCOc1ccc(C(CC(=O)O)N2C(=O)c3ccccc3C2=O)cc1OCC. The molecule has 2 aromatic rings. The first kappa shape index (κ1) is 19.4. The third kappa shape index (κ3) is 3.55. The monoisotopic (exact) mass is 383 g/mol. The number of carbonyl (C=O) groups excluding carboxylic acids is 2. The molecule has 2 amide bonds. The average Bonchev–Trinajstić information content (AvgIpc) is 2.93. The largest absolute Gasteiger partial charge is 0.490 e. The van der Waals surface area contributed by atoms with Crippen LogP contribution in [0.1, 0.15) is 52.6 Å². The average molecular weight is 383 g/mol. The lowest BCUT2D eigenvalue weighted by Crippen LogP contribution is -2.35. The van der Waals surface area contributed by atoms with Crippen molar-refractivity contribution < 1.29 is 29.0 Å². The van der Waals surface area contributed by atoms with Crippen LogP contribution < -0.4 is 9.47 Å². The Kier molecular flexibility index (Phi) is 5.63. The van der Waals surface area contributed by atoms with Crippen molar-refractivity contribution in [1.82, 2.24) is 4.90 Å². The number of benzene rings is 2. The van der Waals surface area contributed by atoms with Gasteiger partial charge in [-0.25, -0.2) is 0 Å². The zero-order chi connectivity index (χ0) is 20.3. The standard InChI is InChI=1S/C21H21NO6/c1-3-27-17-10-9-13(11-18(17)28-4-2)16(12-19(23)24)22-20(25)14-7-5-6-8-15(14)21(22)26/h5-11,16H,3-4,12H2,1-2H3,(H,23,24). The van der Waals surface area contributed by atoms with Crippen molar-refractivity contribution in [3.63, 3.8) is 0 Å². The van der Waals surface area contributed by atoms with Crippen LogP contribution in [0.3, 0.4) is 0 Å². The molecule has 146 valence electrons. The Morgan fingerprint density at radius 2 is 1.54 bits per heavy atom. The molecule has 0 fully saturated rings. The summed E-state index contributed by atoms with van der Waals surface area (Å²) in [7, 11) is 0. The van der Waals surface area contributed by atoms with Gasteiger partial charge in [0, 0.05) is 0 Å². The van der Waals surface area contributed by atoms with E-state index in [-0.39, 0.29) is 11.1 Å². The number of nitrogens with zero attached hydrogens (tertiary/aromatic N) is 1. The molecule has 0 saturated heterocycles. The van der Waals surface area contributed by atoms with E-state index in [1.165, 1.54) is 0 Å². The second kappa shape index (κ2) is 8.12. The molecule has 7 nitrogen and oxygen atoms in total. The van der Waals surface area contributed by atoms with E-state index in [0.29, 0.717) is 30.3 Å². The molecule has 0 radical (unpaired) electrons. The maximum Gasteiger partial charge on any atom is 0.305 e. The first-order valence-electron chi connectivity index (χ1n) is 9.06. The van der Waals surface area contributed by atoms with Crippen LogP contribution in [0.2, 0.25) is 0 Å². The number of hydrogen-bond acceptors (Lipinski definition) is 5. The van der Waals surface area contributed by atoms with Crippen molar-refractivity contribution in [2.45, 2.75) is 26.3 Å². The van der Waals surface area contributed by atoms with E-state index in [1.807, 2.05) is 13.8 Å². The molecule has 2 aromatic carbocycles. The highest BCUT2D eigenvalue weighted by atomic mass is 16.5. The third-order valence-corrected chi connectivity index (χ3v) is 4.46. The summed E-state index contributed by atoms with van der Waals surface area (Å²) in [6.45, 7) is 4.49. The van der Waals surface area contributed by atoms with Crippen molar-refractivity contribution in [3.05, 3.63) is 59.2 Å². The molecule has 0 aromatic heterocycles. The predicted octanol–water partition coefficient (Wildman–Crippen LogP) is 3.30. The van der Waals surface area contributed by atoms with Crippen LogP contribution in [-0.2, 0) is 4.79 Å². The van der Waals surface area contributed by atoms with E-state index in [1.54, 1.807) is 42.5 Å². The molecular weight excluding hydrogens is 362 g/mol. The highest BCUT2D eigenvalue weighted by Crippen LogP contribution is 2.37. The molecule has 0 aliphatic carbocycles. The second-order valence-corrected chi connectivity index (χ2v) is 6.21. The van der Waals surface area contributed by atoms with Gasteiger partial charge in [0.25, 0.3) is 11.8 Å². The Morgan fingerprint density at radius 1 is 0.964 bits per heavy atom. The van der Waals surface area contributed by atoms with E-state index < -0.39 is 30.2 Å². The Bertz CT molecular complexity index is 888. The molecule has 1 N–H and O–H groups in total. The minimum absolute atomic E-state index is 0.277. The predicted molar refractivity (Wildman–Crippen MR) is 101 cm³/mol. The Morgan fingerprint density at radius 3 is 2.07 bits per heavy atom. The maximum atomic E-state index is 12.8. The topological polar surface area (TPSA) is 93.1 Å². The third-order valence-electron chi connectivity index (χ3n) is 4.46. The zero-order valence-electron chi connectivity index (χ0n) is 15.7. The van der Waals surface area contributed by atoms with Crippen molar-refractivity contribution in [1.29, 1.82) is 0 Å². The van der Waals surface area contributed by atoms with Crippen molar-refractivity contribution in [2.75, 3.05) is 13.2 Å². The minimum Gasteiger partial charge on any atom is -0.490 e. The summed E-state index contributed by atoms with van der Waals surface area (Å²) in [5.74, 6) is -1.16. The Hall–Kier alpha value is -3.35. The number of hydrogen-bond donors (Lipinski definition) is 1. The Labute approximate surface area is 162 Å². The van der Waals surface area contributed by atoms with Gasteiger partial charge in [0.15, 0.2) is 11.5 Å². The molecule has 0 spiro atoms. The number of carboxylic acids is 1. The van der Waals surface area contributed by atoms with Gasteiger partial charge in [0.1, 0.15) is 0 Å². The van der Waals surface area contributed by atoms with Crippen LogP contribution in [-0.4, -0.2) is 41.0 Å². The van der Waals surface area contributed by atoms with E-state index in [9.17, 15) is 19.5 Å². The molecular formula is C21H21NO6. The fourth-order valence-corrected chi connectivity index (χ4v) is 3.29. The first-order chi connectivity index (χ1) is 13.5. The van der Waals surface area contributed by atoms with Gasteiger partial charge in [-0.3, -0.25) is 19.3 Å². The first-order valence-corrected chi connectivity index (χ1v) is 9.06. The fourth-order valence-electron chi connectivity index (χ4n) is 3.29. The van der Waals surface area contributed by atoms with Crippen molar-refractivity contribution in [3.8, 4) is 11.5 Å². The lowest BCUT2D eigenvalue weighted by molar-refractivity contribution is -0.138. The van der Waals surface area contributed by atoms with Crippen LogP contribution >= 0.6 is 0 Å². The van der Waals surface area contributed by atoms with Gasteiger partial charge in [0.2, 0.25) is 0 Å². The molecule has 1 heterocycles. The van der Waals surface area contributed by atoms with E-state index in [2.05, 4.69) is 0 Å².